The third-order valence-electron chi connectivity index (χ3n) is 15.5. The first kappa shape index (κ1) is 87.1. The molecule has 0 saturated carbocycles. The summed E-state index contributed by atoms with van der Waals surface area (Å²) in [5, 5.41) is 20.4. The number of aromatic carboxylic acids is 1. The van der Waals surface area contributed by atoms with Gasteiger partial charge >= 0.3 is 18.2 Å². The molecule has 5 amide bonds. The van der Waals surface area contributed by atoms with Crippen LogP contribution in [0.2, 0.25) is 25.2 Å². The highest BCUT2D eigenvalue weighted by Crippen LogP contribution is 2.27. The van der Waals surface area contributed by atoms with Crippen LogP contribution in [0.4, 0.5) is 21.0 Å². The van der Waals surface area contributed by atoms with E-state index in [-0.39, 0.29) is 66.3 Å². The summed E-state index contributed by atoms with van der Waals surface area (Å²) in [6.07, 6.45) is 15.5. The van der Waals surface area contributed by atoms with Crippen molar-refractivity contribution in [1.82, 2.24) is 40.0 Å². The smallest absolute Gasteiger partial charge is 0.410 e. The van der Waals surface area contributed by atoms with Gasteiger partial charge in [-0.25, -0.2) is 19.4 Å². The first-order chi connectivity index (χ1) is 46.2. The van der Waals surface area contributed by atoms with Crippen molar-refractivity contribution in [2.24, 2.45) is 23.5 Å². The van der Waals surface area contributed by atoms with Gasteiger partial charge in [-0.1, -0.05) is 71.2 Å². The number of carboxylic acids is 1. The van der Waals surface area contributed by atoms with Crippen LogP contribution in [-0.2, 0) is 38.3 Å². The first-order valence-corrected chi connectivity index (χ1v) is 34.2. The lowest BCUT2D eigenvalue weighted by atomic mass is 10.0. The minimum atomic E-state index is -0.994. The Morgan fingerprint density at radius 1 is 0.550 bits per heavy atom. The number of amides is 5. The van der Waals surface area contributed by atoms with Gasteiger partial charge in [-0.3, -0.25) is 29.3 Å². The van der Waals surface area contributed by atoms with E-state index in [0.717, 1.165) is 135 Å². The lowest BCUT2D eigenvalue weighted by molar-refractivity contribution is -0.112. The van der Waals surface area contributed by atoms with E-state index in [1.807, 2.05) is 86.3 Å². The van der Waals surface area contributed by atoms with Gasteiger partial charge < -0.3 is 51.0 Å². The number of pyridine rings is 4. The predicted octanol–water partition coefficient (Wildman–Crippen LogP) is 15.9. The number of carboxylic acid groups (broad SMARTS) is 1. The van der Waals surface area contributed by atoms with Gasteiger partial charge in [-0.05, 0) is 252 Å². The monoisotopic (exact) mass is 1510 g/mol. The van der Waals surface area contributed by atoms with E-state index in [1.54, 1.807) is 64.9 Å². The van der Waals surface area contributed by atoms with E-state index in [9.17, 15) is 28.8 Å². The molecule has 0 unspecified atom stereocenters. The van der Waals surface area contributed by atoms with Gasteiger partial charge in [-0.15, -0.1) is 24.8 Å². The van der Waals surface area contributed by atoms with Crippen LogP contribution in [0.5, 0.6) is 0 Å². The number of rotatable bonds is 12. The van der Waals surface area contributed by atoms with E-state index < -0.39 is 17.2 Å². The SMILES string of the molecule is C=CC(=O)Nc1ccc(C(=O)N2CC[C@@H](Cc3cc(C)c(Cl)cn3)C2)cc1.C=CC(=O)Nc1ccc(C(=O)O)cc1.CC(C)(C)OC(=O)N1CC[C@@H](N)C1.Cc1cc(C[C@@H]2CCN(C(=O)OC(C)(C)C)C2)ncc1Cl.Cc1cc(C[C@@H]2CCNC2)ncc1Cl.Cc1cc(Cl)ncc1Cl.Cl.Cl. The van der Waals surface area contributed by atoms with Crippen molar-refractivity contribution in [2.75, 3.05) is 63.0 Å². The van der Waals surface area contributed by atoms with E-state index in [2.05, 4.69) is 55.1 Å². The Labute approximate surface area is 625 Å². The fourth-order valence-electron chi connectivity index (χ4n) is 10.3. The molecule has 8 heterocycles. The number of aryl methyl sites for hydroxylation is 4. The van der Waals surface area contributed by atoms with Crippen molar-refractivity contribution >= 4 is 130 Å². The molecule has 0 radical (unpaired) electrons. The van der Waals surface area contributed by atoms with Crippen LogP contribution < -0.4 is 21.7 Å². The number of nitrogens with two attached hydrogens (primary N) is 1. The number of likely N-dealkylation sites (tertiary alicyclic amines) is 3. The summed E-state index contributed by atoms with van der Waals surface area (Å²) in [5.74, 6) is 0.00312. The summed E-state index contributed by atoms with van der Waals surface area (Å²) in [5.41, 5.74) is 14.2. The zero-order valence-corrected chi connectivity index (χ0v) is 63.8. The zero-order chi connectivity index (χ0) is 72.4. The second-order valence-electron chi connectivity index (χ2n) is 26.3. The largest absolute Gasteiger partial charge is 0.478 e. The highest BCUT2D eigenvalue weighted by atomic mass is 35.5. The van der Waals surface area contributed by atoms with Gasteiger partial charge in [0.25, 0.3) is 5.91 Å². The molecule has 10 rings (SSSR count). The Morgan fingerprint density at radius 2 is 0.920 bits per heavy atom. The molecule has 2 aromatic carbocycles. The summed E-state index contributed by atoms with van der Waals surface area (Å²) in [6, 6.07) is 20.8. The fraction of sp³-hybridized carbons (Fsp3) is 0.425. The number of ether oxygens (including phenoxy) is 2. The van der Waals surface area contributed by atoms with Crippen molar-refractivity contribution in [3.05, 3.63) is 199 Å². The molecule has 4 saturated heterocycles. The summed E-state index contributed by atoms with van der Waals surface area (Å²) in [6.45, 7) is 32.4. The summed E-state index contributed by atoms with van der Waals surface area (Å²) in [4.78, 5) is 91.1. The Morgan fingerprint density at radius 3 is 1.27 bits per heavy atom. The number of hydrogen-bond acceptors (Lipinski definition) is 14. The maximum absolute atomic E-state index is 12.7. The third-order valence-corrected chi connectivity index (χ3v) is 17.3. The number of anilines is 2. The standard InChI is InChI=1S/C21H22ClN3O2.C16H23ClN2O2.C11H15ClN2.C10H9NO3.C9H18N2O2.C6H5Cl2N.2ClH/c1-3-20(26)24-17-6-4-16(5-7-17)21(27)25-9-8-15(13-25)11-18-10-14(2)19(22)12-23-18;1-11-7-13(18-9-14(11)17)8-12-5-6-19(10-12)15(20)21-16(2,3)4;1-8-4-10(14-7-11(8)12)5-9-2-3-13-6-9;1-2-9(12)11-8-5-3-7(4-6-8)10(13)14;1-9(2,3)13-8(12)11-5-4-7(10)6-11;1-4-2-6(8)9-3-5(4)7;;/h3-7,10,12,15H,1,8-9,11,13H2,2H3,(H,24,26);7,9,12H,5-6,8,10H2,1-4H3;4,7,9,13H,2-3,5-6H2,1H3;2-6H,1H2,(H,11,12)(H,13,14);7H,4-6,10H2,1-3H3;2-3H,1H3;2*1H/t15-;12-;9-;;7-;;;/m000.1.../s1. The van der Waals surface area contributed by atoms with Crippen molar-refractivity contribution in [1.29, 1.82) is 0 Å². The Bertz CT molecular complexity index is 3680. The van der Waals surface area contributed by atoms with Gasteiger partial charge in [0.1, 0.15) is 16.4 Å². The molecule has 6 N–H and O–H groups in total. The number of hydrogen-bond donors (Lipinski definition) is 5. The summed E-state index contributed by atoms with van der Waals surface area (Å²) in [7, 11) is 0. The molecule has 0 spiro atoms. The van der Waals surface area contributed by atoms with Crippen molar-refractivity contribution in [3.63, 3.8) is 0 Å². The van der Waals surface area contributed by atoms with Crippen LogP contribution in [0.3, 0.4) is 0 Å². The van der Waals surface area contributed by atoms with Gasteiger partial charge in [0, 0.05) is 104 Å². The van der Waals surface area contributed by atoms with Crippen molar-refractivity contribution in [3.8, 4) is 0 Å². The minimum Gasteiger partial charge on any atom is -0.478 e. The molecule has 20 nitrogen and oxygen atoms in total. The van der Waals surface area contributed by atoms with Crippen LogP contribution in [0.15, 0.2) is 123 Å². The molecule has 544 valence electrons. The lowest BCUT2D eigenvalue weighted by Crippen LogP contribution is -2.36. The molecule has 6 aromatic rings. The van der Waals surface area contributed by atoms with Gasteiger partial charge in [-0.2, -0.15) is 0 Å². The van der Waals surface area contributed by atoms with Crippen LogP contribution in [0.25, 0.3) is 0 Å². The molecule has 27 heteroatoms. The second-order valence-corrected chi connectivity index (χ2v) is 28.3. The quantitative estimate of drug-likeness (QED) is 0.0563. The Hall–Kier alpha value is -7.11. The molecule has 4 aliphatic heterocycles. The van der Waals surface area contributed by atoms with Crippen LogP contribution in [0, 0.1) is 45.4 Å². The molecule has 0 aliphatic carbocycles. The molecular weight excluding hydrogens is 1420 g/mol. The second kappa shape index (κ2) is 42.3. The lowest BCUT2D eigenvalue weighted by Gasteiger charge is -2.24. The van der Waals surface area contributed by atoms with E-state index >= 15 is 0 Å². The Kier molecular flexibility index (Phi) is 36.9. The van der Waals surface area contributed by atoms with Gasteiger partial charge in [0.05, 0.1) is 25.7 Å². The third kappa shape index (κ3) is 31.4. The maximum Gasteiger partial charge on any atom is 0.410 e. The number of aromatic nitrogens is 4. The van der Waals surface area contributed by atoms with E-state index in [0.29, 0.717) is 55.5 Å². The predicted molar refractivity (Wildman–Crippen MR) is 405 cm³/mol. The van der Waals surface area contributed by atoms with Gasteiger partial charge in [0.2, 0.25) is 11.8 Å². The highest BCUT2D eigenvalue weighted by Gasteiger charge is 2.32. The maximum atomic E-state index is 12.7. The van der Waals surface area contributed by atoms with E-state index in [1.165, 1.54) is 42.5 Å². The van der Waals surface area contributed by atoms with Crippen molar-refractivity contribution < 1.29 is 43.3 Å². The molecule has 4 atom stereocenters. The molecular formula is C73H94Cl7N11O9. The average Bonchev–Trinajstić information content (AvgIpc) is 1.67. The number of benzene rings is 2. The molecule has 0 bridgehead atoms. The fourth-order valence-corrected chi connectivity index (χ4v) is 11.0. The van der Waals surface area contributed by atoms with Crippen LogP contribution in [-0.4, -0.2) is 145 Å². The molecule has 4 aliphatic rings. The van der Waals surface area contributed by atoms with Crippen LogP contribution in [0.1, 0.15) is 127 Å². The topological polar surface area (TPSA) is 264 Å². The number of carbonyl (C=O) groups is 6. The first-order valence-electron chi connectivity index (χ1n) is 32.3. The molecule has 4 aromatic heterocycles. The van der Waals surface area contributed by atoms with Crippen molar-refractivity contribution in [2.45, 2.75) is 131 Å². The molecule has 100 heavy (non-hydrogen) atoms. The number of nitrogens with zero attached hydrogens (tertiary/aromatic N) is 7. The molecule has 4 fully saturated rings. The normalized spacial score (nSPS) is 16.5. The minimum absolute atomic E-state index is 0. The zero-order valence-electron chi connectivity index (χ0n) is 58.3. The summed E-state index contributed by atoms with van der Waals surface area (Å²) >= 11 is 29.2. The Balaban J connectivity index is 0.000000322. The number of carbonyl (C=O) groups excluding carboxylic acids is 5. The number of halogens is 7. The number of nitrogens with one attached hydrogen (secondary N) is 3. The summed E-state index contributed by atoms with van der Waals surface area (Å²) < 4.78 is 10.6. The van der Waals surface area contributed by atoms with Gasteiger partial charge in [0.15, 0.2) is 0 Å². The highest BCUT2D eigenvalue weighted by molar-refractivity contribution is 6.33. The van der Waals surface area contributed by atoms with E-state index in [4.69, 9.17) is 78.3 Å². The van der Waals surface area contributed by atoms with Crippen LogP contribution >= 0.6 is 82.8 Å². The average molecular weight is 1520 g/mol.